The van der Waals surface area contributed by atoms with E-state index in [0.717, 1.165) is 28.2 Å². The summed E-state index contributed by atoms with van der Waals surface area (Å²) < 4.78 is 5.97. The fourth-order valence-corrected chi connectivity index (χ4v) is 2.24. The molecule has 2 aromatic rings. The third-order valence-electron chi connectivity index (χ3n) is 3.78. The normalized spacial score (nSPS) is 13.5. The Kier molecular flexibility index (Phi) is 4.49. The molecule has 21 heavy (non-hydrogen) atoms. The average molecular weight is 282 g/mol. The van der Waals surface area contributed by atoms with Gasteiger partial charge in [-0.3, -0.25) is 0 Å². The SMILES string of the molecule is C=CC(O)(CC)c1cccc(Oc2cc(C)ccc2C)c1. The molecule has 2 aromatic carbocycles. The summed E-state index contributed by atoms with van der Waals surface area (Å²) in [4.78, 5) is 0. The molecule has 1 atom stereocenters. The summed E-state index contributed by atoms with van der Waals surface area (Å²) in [6.45, 7) is 9.72. The summed E-state index contributed by atoms with van der Waals surface area (Å²) in [6.07, 6.45) is 2.15. The molecule has 2 heteroatoms. The van der Waals surface area contributed by atoms with Crippen molar-refractivity contribution in [3.05, 3.63) is 71.8 Å². The van der Waals surface area contributed by atoms with Crippen LogP contribution in [0, 0.1) is 13.8 Å². The topological polar surface area (TPSA) is 29.5 Å². The minimum Gasteiger partial charge on any atom is -0.457 e. The molecule has 0 aromatic heterocycles. The fourth-order valence-electron chi connectivity index (χ4n) is 2.24. The molecule has 0 amide bonds. The summed E-state index contributed by atoms with van der Waals surface area (Å²) in [5.41, 5.74) is 2.02. The highest BCUT2D eigenvalue weighted by atomic mass is 16.5. The molecule has 0 fully saturated rings. The number of hydrogen-bond donors (Lipinski definition) is 1. The number of benzene rings is 2. The molecule has 0 bridgehead atoms. The Bertz CT molecular complexity index is 646. The van der Waals surface area contributed by atoms with Crippen LogP contribution in [0.5, 0.6) is 11.5 Å². The Labute approximate surface area is 126 Å². The van der Waals surface area contributed by atoms with Crippen LogP contribution in [-0.4, -0.2) is 5.11 Å². The summed E-state index contributed by atoms with van der Waals surface area (Å²) >= 11 is 0. The van der Waals surface area contributed by atoms with E-state index in [9.17, 15) is 5.11 Å². The maximum Gasteiger partial charge on any atom is 0.130 e. The Morgan fingerprint density at radius 3 is 2.62 bits per heavy atom. The van der Waals surface area contributed by atoms with Gasteiger partial charge >= 0.3 is 0 Å². The van der Waals surface area contributed by atoms with Crippen LogP contribution in [0.25, 0.3) is 0 Å². The molecule has 0 saturated heterocycles. The lowest BCUT2D eigenvalue weighted by molar-refractivity contribution is 0.0854. The van der Waals surface area contributed by atoms with Gasteiger partial charge in [-0.1, -0.05) is 43.8 Å². The van der Waals surface area contributed by atoms with Gasteiger partial charge in [-0.25, -0.2) is 0 Å². The van der Waals surface area contributed by atoms with E-state index in [4.69, 9.17) is 4.74 Å². The van der Waals surface area contributed by atoms with Crippen molar-refractivity contribution >= 4 is 0 Å². The van der Waals surface area contributed by atoms with Gasteiger partial charge in [0.05, 0.1) is 0 Å². The molecule has 0 heterocycles. The molecule has 0 aliphatic carbocycles. The number of aryl methyl sites for hydroxylation is 2. The van der Waals surface area contributed by atoms with Crippen LogP contribution in [0.1, 0.15) is 30.0 Å². The van der Waals surface area contributed by atoms with Gasteiger partial charge in [0.25, 0.3) is 0 Å². The van der Waals surface area contributed by atoms with Crippen LogP contribution in [-0.2, 0) is 5.60 Å². The first-order valence-electron chi connectivity index (χ1n) is 7.20. The zero-order chi connectivity index (χ0) is 15.5. The number of rotatable bonds is 5. The standard InChI is InChI=1S/C19H22O2/c1-5-19(20,6-2)16-8-7-9-17(13-16)21-18-12-14(3)10-11-15(18)4/h5,7-13,20H,1,6H2,2-4H3. The fraction of sp³-hybridized carbons (Fsp3) is 0.263. The number of hydrogen-bond acceptors (Lipinski definition) is 2. The van der Waals surface area contributed by atoms with Crippen LogP contribution in [0.3, 0.4) is 0 Å². The van der Waals surface area contributed by atoms with Gasteiger partial charge in [0, 0.05) is 0 Å². The van der Waals surface area contributed by atoms with Gasteiger partial charge in [-0.15, -0.1) is 0 Å². The average Bonchev–Trinajstić information content (AvgIpc) is 2.50. The first-order chi connectivity index (χ1) is 9.98. The molecule has 0 spiro atoms. The molecular formula is C19H22O2. The van der Waals surface area contributed by atoms with Crippen molar-refractivity contribution < 1.29 is 9.84 Å². The smallest absolute Gasteiger partial charge is 0.130 e. The Morgan fingerprint density at radius 1 is 1.19 bits per heavy atom. The monoisotopic (exact) mass is 282 g/mol. The van der Waals surface area contributed by atoms with E-state index in [1.165, 1.54) is 0 Å². The molecule has 0 aliphatic heterocycles. The summed E-state index contributed by atoms with van der Waals surface area (Å²) in [6, 6.07) is 13.7. The van der Waals surface area contributed by atoms with E-state index >= 15 is 0 Å². The van der Waals surface area contributed by atoms with Crippen molar-refractivity contribution in [1.29, 1.82) is 0 Å². The van der Waals surface area contributed by atoms with E-state index in [1.54, 1.807) is 6.08 Å². The summed E-state index contributed by atoms with van der Waals surface area (Å²) in [7, 11) is 0. The molecule has 0 saturated carbocycles. The molecule has 1 unspecified atom stereocenters. The van der Waals surface area contributed by atoms with E-state index in [1.807, 2.05) is 57.2 Å². The van der Waals surface area contributed by atoms with E-state index in [0.29, 0.717) is 6.42 Å². The lowest BCUT2D eigenvalue weighted by Crippen LogP contribution is -2.21. The Balaban J connectivity index is 2.34. The van der Waals surface area contributed by atoms with Gasteiger partial charge in [-0.2, -0.15) is 0 Å². The van der Waals surface area contributed by atoms with Crippen LogP contribution in [0.15, 0.2) is 55.1 Å². The molecule has 0 radical (unpaired) electrons. The molecular weight excluding hydrogens is 260 g/mol. The van der Waals surface area contributed by atoms with Gasteiger partial charge < -0.3 is 9.84 Å². The Morgan fingerprint density at radius 2 is 1.95 bits per heavy atom. The third-order valence-corrected chi connectivity index (χ3v) is 3.78. The van der Waals surface area contributed by atoms with Crippen molar-refractivity contribution in [2.75, 3.05) is 0 Å². The second kappa shape index (κ2) is 6.15. The minimum atomic E-state index is -1.01. The first-order valence-corrected chi connectivity index (χ1v) is 7.20. The highest BCUT2D eigenvalue weighted by Crippen LogP contribution is 2.31. The van der Waals surface area contributed by atoms with Crippen molar-refractivity contribution in [2.24, 2.45) is 0 Å². The van der Waals surface area contributed by atoms with Crippen LogP contribution < -0.4 is 4.74 Å². The van der Waals surface area contributed by atoms with E-state index < -0.39 is 5.60 Å². The lowest BCUT2D eigenvalue weighted by Gasteiger charge is -2.23. The van der Waals surface area contributed by atoms with Gasteiger partial charge in [0.15, 0.2) is 0 Å². The van der Waals surface area contributed by atoms with Gasteiger partial charge in [0.1, 0.15) is 17.1 Å². The van der Waals surface area contributed by atoms with Gasteiger partial charge in [-0.05, 0) is 55.2 Å². The summed E-state index contributed by atoms with van der Waals surface area (Å²) in [5.74, 6) is 1.56. The van der Waals surface area contributed by atoms with Crippen LogP contribution in [0.2, 0.25) is 0 Å². The van der Waals surface area contributed by atoms with Crippen molar-refractivity contribution in [3.63, 3.8) is 0 Å². The van der Waals surface area contributed by atoms with Crippen molar-refractivity contribution in [3.8, 4) is 11.5 Å². The summed E-state index contributed by atoms with van der Waals surface area (Å²) in [5, 5.41) is 10.5. The van der Waals surface area contributed by atoms with Gasteiger partial charge in [0.2, 0.25) is 0 Å². The predicted molar refractivity (Wildman–Crippen MR) is 86.8 cm³/mol. The molecule has 2 nitrogen and oxygen atoms in total. The number of ether oxygens (including phenoxy) is 1. The van der Waals surface area contributed by atoms with E-state index in [-0.39, 0.29) is 0 Å². The second-order valence-corrected chi connectivity index (χ2v) is 5.38. The maximum atomic E-state index is 10.5. The number of aliphatic hydroxyl groups is 1. The molecule has 0 aliphatic rings. The maximum absolute atomic E-state index is 10.5. The van der Waals surface area contributed by atoms with Crippen LogP contribution in [0.4, 0.5) is 0 Å². The minimum absolute atomic E-state index is 0.573. The first kappa shape index (κ1) is 15.3. The van der Waals surface area contributed by atoms with Crippen molar-refractivity contribution in [1.82, 2.24) is 0 Å². The Hall–Kier alpha value is -2.06. The molecule has 1 N–H and O–H groups in total. The molecule has 2 rings (SSSR count). The highest BCUT2D eigenvalue weighted by molar-refractivity contribution is 5.42. The predicted octanol–water partition coefficient (Wildman–Crippen LogP) is 4.88. The van der Waals surface area contributed by atoms with Crippen molar-refractivity contribution in [2.45, 2.75) is 32.8 Å². The second-order valence-electron chi connectivity index (χ2n) is 5.38. The zero-order valence-corrected chi connectivity index (χ0v) is 12.9. The zero-order valence-electron chi connectivity index (χ0n) is 12.9. The highest BCUT2D eigenvalue weighted by Gasteiger charge is 2.23. The molecule has 110 valence electrons. The van der Waals surface area contributed by atoms with Crippen LogP contribution >= 0.6 is 0 Å². The largest absolute Gasteiger partial charge is 0.457 e. The third kappa shape index (κ3) is 3.34. The lowest BCUT2D eigenvalue weighted by atomic mass is 9.91. The van der Waals surface area contributed by atoms with E-state index in [2.05, 4.69) is 12.6 Å². The quantitative estimate of drug-likeness (QED) is 0.792.